The minimum absolute atomic E-state index is 0.464. The maximum absolute atomic E-state index is 4.77. The van der Waals surface area contributed by atoms with Gasteiger partial charge in [-0.05, 0) is 70.0 Å². The van der Waals surface area contributed by atoms with Crippen LogP contribution in [0.25, 0.3) is 0 Å². The Bertz CT molecular complexity index is 410. The molecule has 0 spiro atoms. The Morgan fingerprint density at radius 2 is 2.10 bits per heavy atom. The van der Waals surface area contributed by atoms with Crippen molar-refractivity contribution in [1.82, 2.24) is 15.1 Å². The third-order valence-electron chi connectivity index (χ3n) is 5.15. The molecular weight excluding hydrogens is 258 g/mol. The van der Waals surface area contributed by atoms with Gasteiger partial charge in [-0.2, -0.15) is 5.10 Å². The first-order valence-corrected chi connectivity index (χ1v) is 8.88. The molecule has 21 heavy (non-hydrogen) atoms. The molecule has 3 atom stereocenters. The van der Waals surface area contributed by atoms with Gasteiger partial charge < -0.3 is 5.32 Å². The summed E-state index contributed by atoms with van der Waals surface area (Å²) in [5, 5.41) is 8.33. The highest BCUT2D eigenvalue weighted by atomic mass is 15.3. The number of rotatable bonds is 7. The summed E-state index contributed by atoms with van der Waals surface area (Å²) in [5.41, 5.74) is 1.28. The van der Waals surface area contributed by atoms with Gasteiger partial charge in [-0.3, -0.25) is 4.68 Å². The SMILES string of the molecule is CCNCC1CCC(CC)CC1Cc1ccn(C(C)C)n1. The van der Waals surface area contributed by atoms with Crippen LogP contribution in [0.4, 0.5) is 0 Å². The van der Waals surface area contributed by atoms with Crippen LogP contribution < -0.4 is 5.32 Å². The van der Waals surface area contributed by atoms with E-state index in [9.17, 15) is 0 Å². The normalized spacial score (nSPS) is 26.4. The van der Waals surface area contributed by atoms with Crippen molar-refractivity contribution < 1.29 is 0 Å². The van der Waals surface area contributed by atoms with Gasteiger partial charge in [0, 0.05) is 12.2 Å². The molecule has 1 N–H and O–H groups in total. The van der Waals surface area contributed by atoms with Crippen molar-refractivity contribution in [3.05, 3.63) is 18.0 Å². The molecule has 1 saturated carbocycles. The number of hydrogen-bond donors (Lipinski definition) is 1. The molecule has 3 nitrogen and oxygen atoms in total. The van der Waals surface area contributed by atoms with Gasteiger partial charge in [0.15, 0.2) is 0 Å². The van der Waals surface area contributed by atoms with Crippen LogP contribution in [0.5, 0.6) is 0 Å². The van der Waals surface area contributed by atoms with E-state index in [1.165, 1.54) is 37.9 Å². The quantitative estimate of drug-likeness (QED) is 0.821. The minimum atomic E-state index is 0.464. The highest BCUT2D eigenvalue weighted by Gasteiger charge is 2.30. The highest BCUT2D eigenvalue weighted by molar-refractivity contribution is 5.02. The molecule has 1 aliphatic rings. The lowest BCUT2D eigenvalue weighted by molar-refractivity contribution is 0.170. The summed E-state index contributed by atoms with van der Waals surface area (Å²) in [6.07, 6.45) is 8.84. The fourth-order valence-electron chi connectivity index (χ4n) is 3.69. The van der Waals surface area contributed by atoms with Crippen LogP contribution in [0.3, 0.4) is 0 Å². The third kappa shape index (κ3) is 4.57. The maximum atomic E-state index is 4.77. The number of nitrogens with zero attached hydrogens (tertiary/aromatic N) is 2. The van der Waals surface area contributed by atoms with Crippen molar-refractivity contribution in [2.45, 2.75) is 65.8 Å². The van der Waals surface area contributed by atoms with Gasteiger partial charge >= 0.3 is 0 Å². The van der Waals surface area contributed by atoms with Crippen LogP contribution in [0.2, 0.25) is 0 Å². The summed E-state index contributed by atoms with van der Waals surface area (Å²) in [6, 6.07) is 2.69. The Labute approximate surface area is 130 Å². The number of aromatic nitrogens is 2. The molecule has 0 radical (unpaired) electrons. The highest BCUT2D eigenvalue weighted by Crippen LogP contribution is 2.37. The standard InChI is InChI=1S/C18H33N3/c1-5-15-7-8-16(13-19-6-2)17(11-15)12-18-9-10-21(20-18)14(3)4/h9-10,14-17,19H,5-8,11-13H2,1-4H3. The van der Waals surface area contributed by atoms with Gasteiger partial charge in [0.25, 0.3) is 0 Å². The van der Waals surface area contributed by atoms with Gasteiger partial charge in [-0.25, -0.2) is 0 Å². The van der Waals surface area contributed by atoms with Gasteiger partial charge in [-0.1, -0.05) is 26.7 Å². The van der Waals surface area contributed by atoms with Crippen molar-refractivity contribution in [1.29, 1.82) is 0 Å². The molecule has 0 aliphatic heterocycles. The predicted octanol–water partition coefficient (Wildman–Crippen LogP) is 4.06. The first-order chi connectivity index (χ1) is 10.1. The average Bonchev–Trinajstić information content (AvgIpc) is 2.94. The molecule has 120 valence electrons. The predicted molar refractivity (Wildman–Crippen MR) is 89.5 cm³/mol. The van der Waals surface area contributed by atoms with E-state index < -0.39 is 0 Å². The average molecular weight is 291 g/mol. The molecule has 2 rings (SSSR count). The van der Waals surface area contributed by atoms with E-state index in [2.05, 4.69) is 50.0 Å². The van der Waals surface area contributed by atoms with Crippen molar-refractivity contribution in [3.63, 3.8) is 0 Å². The monoisotopic (exact) mass is 291 g/mol. The molecule has 1 aromatic rings. The second-order valence-electron chi connectivity index (χ2n) is 7.00. The fraction of sp³-hybridized carbons (Fsp3) is 0.833. The van der Waals surface area contributed by atoms with E-state index in [-0.39, 0.29) is 0 Å². The third-order valence-corrected chi connectivity index (χ3v) is 5.15. The maximum Gasteiger partial charge on any atom is 0.0627 e. The smallest absolute Gasteiger partial charge is 0.0627 e. The Hall–Kier alpha value is -0.830. The van der Waals surface area contributed by atoms with Crippen molar-refractivity contribution in [2.24, 2.45) is 17.8 Å². The van der Waals surface area contributed by atoms with E-state index in [0.29, 0.717) is 6.04 Å². The zero-order valence-electron chi connectivity index (χ0n) is 14.3. The van der Waals surface area contributed by atoms with Crippen molar-refractivity contribution >= 4 is 0 Å². The number of hydrogen-bond acceptors (Lipinski definition) is 2. The lowest BCUT2D eigenvalue weighted by Crippen LogP contribution is -2.34. The zero-order chi connectivity index (χ0) is 15.2. The molecule has 1 fully saturated rings. The second-order valence-corrected chi connectivity index (χ2v) is 7.00. The molecule has 1 heterocycles. The number of nitrogens with one attached hydrogen (secondary N) is 1. The molecule has 1 aromatic heterocycles. The molecule has 0 aromatic carbocycles. The van der Waals surface area contributed by atoms with E-state index >= 15 is 0 Å². The van der Waals surface area contributed by atoms with Crippen LogP contribution in [-0.4, -0.2) is 22.9 Å². The Kier molecular flexibility index (Phi) is 6.28. The Morgan fingerprint density at radius 3 is 2.71 bits per heavy atom. The topological polar surface area (TPSA) is 29.9 Å². The largest absolute Gasteiger partial charge is 0.317 e. The Morgan fingerprint density at radius 1 is 1.29 bits per heavy atom. The first kappa shape index (κ1) is 16.5. The summed E-state index contributed by atoms with van der Waals surface area (Å²) in [6.45, 7) is 11.2. The minimum Gasteiger partial charge on any atom is -0.317 e. The summed E-state index contributed by atoms with van der Waals surface area (Å²) in [4.78, 5) is 0. The molecule has 0 saturated heterocycles. The molecule has 3 unspecified atom stereocenters. The first-order valence-electron chi connectivity index (χ1n) is 8.88. The molecule has 1 aliphatic carbocycles. The lowest BCUT2D eigenvalue weighted by atomic mass is 9.71. The molecular formula is C18H33N3. The summed E-state index contributed by atoms with van der Waals surface area (Å²) in [7, 11) is 0. The van der Waals surface area contributed by atoms with Gasteiger partial charge in [-0.15, -0.1) is 0 Å². The van der Waals surface area contributed by atoms with Gasteiger partial charge in [0.1, 0.15) is 0 Å². The van der Waals surface area contributed by atoms with E-state index in [0.717, 1.165) is 30.7 Å². The van der Waals surface area contributed by atoms with Crippen LogP contribution in [0.1, 0.15) is 65.1 Å². The lowest BCUT2D eigenvalue weighted by Gasteiger charge is -2.36. The van der Waals surface area contributed by atoms with Crippen molar-refractivity contribution in [3.8, 4) is 0 Å². The summed E-state index contributed by atoms with van der Waals surface area (Å²) >= 11 is 0. The zero-order valence-corrected chi connectivity index (χ0v) is 14.3. The molecule has 0 amide bonds. The molecule has 3 heteroatoms. The van der Waals surface area contributed by atoms with Gasteiger partial charge in [0.05, 0.1) is 5.69 Å². The Balaban J connectivity index is 2.00. The van der Waals surface area contributed by atoms with E-state index in [1.54, 1.807) is 0 Å². The van der Waals surface area contributed by atoms with E-state index in [4.69, 9.17) is 5.10 Å². The van der Waals surface area contributed by atoms with Crippen LogP contribution >= 0.6 is 0 Å². The van der Waals surface area contributed by atoms with Crippen molar-refractivity contribution in [2.75, 3.05) is 13.1 Å². The second kappa shape index (κ2) is 7.98. The van der Waals surface area contributed by atoms with Crippen LogP contribution in [0, 0.1) is 17.8 Å². The summed E-state index contributed by atoms with van der Waals surface area (Å²) in [5.74, 6) is 2.57. The fourth-order valence-corrected chi connectivity index (χ4v) is 3.69. The molecule has 0 bridgehead atoms. The van der Waals surface area contributed by atoms with Gasteiger partial charge in [0.2, 0.25) is 0 Å². The van der Waals surface area contributed by atoms with Crippen LogP contribution in [-0.2, 0) is 6.42 Å². The summed E-state index contributed by atoms with van der Waals surface area (Å²) < 4.78 is 2.09. The van der Waals surface area contributed by atoms with E-state index in [1.807, 2.05) is 0 Å². The van der Waals surface area contributed by atoms with Crippen LogP contribution in [0.15, 0.2) is 12.3 Å².